The molecule has 7 nitrogen and oxygen atoms in total. The smallest absolute Gasteiger partial charge is 0.198 e. The van der Waals surface area contributed by atoms with Crippen LogP contribution in [0, 0.1) is 0 Å². The fourth-order valence-corrected chi connectivity index (χ4v) is 2.91. The molecule has 3 rings (SSSR count). The average molecular weight is 265 g/mol. The fourth-order valence-electron chi connectivity index (χ4n) is 2.15. The van der Waals surface area contributed by atoms with Crippen molar-refractivity contribution in [3.8, 4) is 0 Å². The summed E-state index contributed by atoms with van der Waals surface area (Å²) in [7, 11) is 1.78. The van der Waals surface area contributed by atoms with Gasteiger partial charge in [0.2, 0.25) is 0 Å². The maximum Gasteiger partial charge on any atom is 0.198 e. The molecule has 0 radical (unpaired) electrons. The van der Waals surface area contributed by atoms with Gasteiger partial charge in [0.05, 0.1) is 7.05 Å². The molecule has 0 bridgehead atoms. The van der Waals surface area contributed by atoms with Crippen LogP contribution < -0.4 is 5.32 Å². The molecular weight excluding hydrogens is 250 g/mol. The SMILES string of the molecule is Cn1nnc(C(c2nccs2)N2CCNCC2)n1. The maximum absolute atomic E-state index is 4.42. The predicted octanol–water partition coefficient (Wildman–Crippen LogP) is -0.339. The van der Waals surface area contributed by atoms with Gasteiger partial charge in [0.15, 0.2) is 5.82 Å². The minimum atomic E-state index is 0.0285. The second kappa shape index (κ2) is 5.09. The third kappa shape index (κ3) is 2.26. The van der Waals surface area contributed by atoms with Crippen molar-refractivity contribution in [1.29, 1.82) is 0 Å². The van der Waals surface area contributed by atoms with Gasteiger partial charge >= 0.3 is 0 Å². The van der Waals surface area contributed by atoms with Gasteiger partial charge in [-0.25, -0.2) is 4.98 Å². The molecule has 1 N–H and O–H groups in total. The Labute approximate surface area is 109 Å². The number of nitrogens with one attached hydrogen (secondary N) is 1. The highest BCUT2D eigenvalue weighted by atomic mass is 32.1. The summed E-state index contributed by atoms with van der Waals surface area (Å²) in [6.07, 6.45) is 1.82. The van der Waals surface area contributed by atoms with Crippen molar-refractivity contribution in [3.05, 3.63) is 22.4 Å². The lowest BCUT2D eigenvalue weighted by Crippen LogP contribution is -2.45. The Kier molecular flexibility index (Phi) is 3.31. The number of piperazine rings is 1. The third-order valence-corrected chi connectivity index (χ3v) is 3.80. The van der Waals surface area contributed by atoms with E-state index in [1.54, 1.807) is 18.4 Å². The maximum atomic E-state index is 4.42. The summed E-state index contributed by atoms with van der Waals surface area (Å²) in [6.45, 7) is 3.93. The molecule has 0 aliphatic carbocycles. The van der Waals surface area contributed by atoms with Crippen LogP contribution in [0.3, 0.4) is 0 Å². The molecule has 1 fully saturated rings. The van der Waals surface area contributed by atoms with E-state index in [-0.39, 0.29) is 6.04 Å². The molecule has 2 aromatic rings. The highest BCUT2D eigenvalue weighted by Crippen LogP contribution is 2.27. The zero-order valence-electron chi connectivity index (χ0n) is 10.2. The topological polar surface area (TPSA) is 71.8 Å². The summed E-state index contributed by atoms with van der Waals surface area (Å²) in [5.41, 5.74) is 0. The van der Waals surface area contributed by atoms with Crippen molar-refractivity contribution < 1.29 is 0 Å². The monoisotopic (exact) mass is 265 g/mol. The molecule has 1 saturated heterocycles. The lowest BCUT2D eigenvalue weighted by Gasteiger charge is -2.31. The summed E-state index contributed by atoms with van der Waals surface area (Å²) < 4.78 is 0. The first kappa shape index (κ1) is 11.7. The minimum Gasteiger partial charge on any atom is -0.314 e. The molecule has 3 heterocycles. The van der Waals surface area contributed by atoms with Crippen LogP contribution in [-0.4, -0.2) is 56.3 Å². The van der Waals surface area contributed by atoms with Crippen molar-refractivity contribution in [2.45, 2.75) is 6.04 Å². The number of tetrazole rings is 1. The van der Waals surface area contributed by atoms with Gasteiger partial charge in [0, 0.05) is 37.8 Å². The van der Waals surface area contributed by atoms with Crippen LogP contribution in [0.2, 0.25) is 0 Å². The van der Waals surface area contributed by atoms with Crippen molar-refractivity contribution in [3.63, 3.8) is 0 Å². The molecule has 0 aromatic carbocycles. The van der Waals surface area contributed by atoms with Gasteiger partial charge in [0.25, 0.3) is 0 Å². The Balaban J connectivity index is 1.92. The Morgan fingerprint density at radius 3 is 2.83 bits per heavy atom. The Hall–Kier alpha value is -1.38. The van der Waals surface area contributed by atoms with E-state index in [1.165, 1.54) is 4.80 Å². The Morgan fingerprint density at radius 2 is 2.22 bits per heavy atom. The molecule has 1 aliphatic heterocycles. The van der Waals surface area contributed by atoms with E-state index < -0.39 is 0 Å². The summed E-state index contributed by atoms with van der Waals surface area (Å²) >= 11 is 1.64. The first-order valence-corrected chi connectivity index (χ1v) is 6.80. The van der Waals surface area contributed by atoms with Crippen LogP contribution in [-0.2, 0) is 7.05 Å². The van der Waals surface area contributed by atoms with Crippen LogP contribution in [0.15, 0.2) is 11.6 Å². The molecule has 0 amide bonds. The predicted molar refractivity (Wildman–Crippen MR) is 67.2 cm³/mol. The number of rotatable bonds is 3. The lowest BCUT2D eigenvalue weighted by molar-refractivity contribution is 0.192. The number of thiazole rings is 1. The first-order valence-electron chi connectivity index (χ1n) is 5.92. The van der Waals surface area contributed by atoms with Crippen LogP contribution in [0.5, 0.6) is 0 Å². The number of hydrogen-bond donors (Lipinski definition) is 1. The molecule has 8 heteroatoms. The van der Waals surface area contributed by atoms with E-state index in [9.17, 15) is 0 Å². The van der Waals surface area contributed by atoms with Gasteiger partial charge in [-0.2, -0.15) is 4.80 Å². The van der Waals surface area contributed by atoms with Gasteiger partial charge in [-0.3, -0.25) is 4.90 Å². The molecular formula is C10H15N7S. The molecule has 96 valence electrons. The quantitative estimate of drug-likeness (QED) is 0.819. The number of hydrogen-bond acceptors (Lipinski definition) is 7. The van der Waals surface area contributed by atoms with Crippen LogP contribution >= 0.6 is 11.3 Å². The lowest BCUT2D eigenvalue weighted by atomic mass is 10.2. The van der Waals surface area contributed by atoms with E-state index in [1.807, 2.05) is 11.6 Å². The Morgan fingerprint density at radius 1 is 1.39 bits per heavy atom. The van der Waals surface area contributed by atoms with Gasteiger partial charge in [0.1, 0.15) is 11.0 Å². The standard InChI is InChI=1S/C10H15N7S/c1-16-14-9(13-15-16)8(10-12-4-7-18-10)17-5-2-11-3-6-17/h4,7-8,11H,2-3,5-6H2,1H3. The summed E-state index contributed by atoms with van der Waals surface area (Å²) in [5, 5.41) is 18.8. The van der Waals surface area contributed by atoms with Gasteiger partial charge in [-0.15, -0.1) is 21.5 Å². The Bertz CT molecular complexity index is 488. The number of nitrogens with zero attached hydrogens (tertiary/aromatic N) is 6. The highest BCUT2D eigenvalue weighted by Gasteiger charge is 2.29. The van der Waals surface area contributed by atoms with Crippen molar-refractivity contribution >= 4 is 11.3 Å². The number of aromatic nitrogens is 5. The third-order valence-electron chi connectivity index (χ3n) is 2.97. The molecule has 0 spiro atoms. The normalized spacial score (nSPS) is 18.9. The summed E-state index contributed by atoms with van der Waals surface area (Å²) in [4.78, 5) is 8.27. The fraction of sp³-hybridized carbons (Fsp3) is 0.600. The molecule has 1 unspecified atom stereocenters. The zero-order chi connectivity index (χ0) is 12.4. The molecule has 2 aromatic heterocycles. The van der Waals surface area contributed by atoms with Gasteiger partial charge in [-0.05, 0) is 5.21 Å². The van der Waals surface area contributed by atoms with Crippen molar-refractivity contribution in [2.75, 3.05) is 26.2 Å². The minimum absolute atomic E-state index is 0.0285. The van der Waals surface area contributed by atoms with E-state index >= 15 is 0 Å². The zero-order valence-corrected chi connectivity index (χ0v) is 11.0. The van der Waals surface area contributed by atoms with E-state index in [0.29, 0.717) is 0 Å². The largest absolute Gasteiger partial charge is 0.314 e. The van der Waals surface area contributed by atoms with Crippen molar-refractivity contribution in [2.24, 2.45) is 7.05 Å². The highest BCUT2D eigenvalue weighted by molar-refractivity contribution is 7.09. The first-order chi connectivity index (χ1) is 8.84. The molecule has 1 atom stereocenters. The molecule has 0 saturated carbocycles. The van der Waals surface area contributed by atoms with Gasteiger partial charge < -0.3 is 5.32 Å². The van der Waals surface area contributed by atoms with Gasteiger partial charge in [-0.1, -0.05) is 0 Å². The summed E-state index contributed by atoms with van der Waals surface area (Å²) in [6, 6.07) is 0.0285. The van der Waals surface area contributed by atoms with Crippen LogP contribution in [0.25, 0.3) is 0 Å². The van der Waals surface area contributed by atoms with Crippen LogP contribution in [0.1, 0.15) is 16.9 Å². The second-order valence-electron chi connectivity index (χ2n) is 4.20. The molecule has 1 aliphatic rings. The average Bonchev–Trinajstić information content (AvgIpc) is 3.04. The summed E-state index contributed by atoms with van der Waals surface area (Å²) in [5.74, 6) is 0.731. The van der Waals surface area contributed by atoms with E-state index in [2.05, 4.69) is 30.6 Å². The van der Waals surface area contributed by atoms with Crippen molar-refractivity contribution in [1.82, 2.24) is 35.4 Å². The van der Waals surface area contributed by atoms with E-state index in [0.717, 1.165) is 37.0 Å². The second-order valence-corrected chi connectivity index (χ2v) is 5.12. The number of aryl methyl sites for hydroxylation is 1. The van der Waals surface area contributed by atoms with E-state index in [4.69, 9.17) is 0 Å². The molecule has 18 heavy (non-hydrogen) atoms. The van der Waals surface area contributed by atoms with Crippen LogP contribution in [0.4, 0.5) is 0 Å².